The van der Waals surface area contributed by atoms with Crippen LogP contribution in [-0.2, 0) is 12.8 Å². The number of thiophene rings is 1. The number of hydrogen-bond acceptors (Lipinski definition) is 4. The van der Waals surface area contributed by atoms with E-state index in [9.17, 15) is 4.79 Å². The fraction of sp³-hybridized carbons (Fsp3) is 0.217. The number of benzene rings is 2. The van der Waals surface area contributed by atoms with E-state index in [4.69, 9.17) is 9.73 Å². The highest BCUT2D eigenvalue weighted by Gasteiger charge is 2.25. The second kappa shape index (κ2) is 8.41. The van der Waals surface area contributed by atoms with Gasteiger partial charge in [-0.2, -0.15) is 0 Å². The average Bonchev–Trinajstić information content (AvgIpc) is 3.11. The largest absolute Gasteiger partial charge is 0.497 e. The van der Waals surface area contributed by atoms with Gasteiger partial charge >= 0.3 is 0 Å². The molecule has 142 valence electrons. The zero-order valence-corrected chi connectivity index (χ0v) is 18.0. The lowest BCUT2D eigenvalue weighted by molar-refractivity contribution is 0.103. The SMILES string of the molecule is COc1ccc(Br)c(C=Nc2sc3c(c2C(=O)c2ccccc2)CCCC3)c1. The Labute approximate surface area is 177 Å². The number of carbonyl (C=O) groups is 1. The monoisotopic (exact) mass is 453 g/mol. The summed E-state index contributed by atoms with van der Waals surface area (Å²) in [7, 11) is 1.65. The lowest BCUT2D eigenvalue weighted by Crippen LogP contribution is -2.07. The summed E-state index contributed by atoms with van der Waals surface area (Å²) in [5, 5.41) is 0.801. The van der Waals surface area contributed by atoms with Crippen molar-refractivity contribution in [2.24, 2.45) is 4.99 Å². The van der Waals surface area contributed by atoms with Crippen LogP contribution in [0.1, 0.15) is 44.8 Å². The van der Waals surface area contributed by atoms with Gasteiger partial charge < -0.3 is 4.74 Å². The van der Waals surface area contributed by atoms with Gasteiger partial charge in [0.15, 0.2) is 5.78 Å². The van der Waals surface area contributed by atoms with Crippen LogP contribution in [0.25, 0.3) is 0 Å². The average molecular weight is 454 g/mol. The molecule has 0 N–H and O–H groups in total. The number of halogens is 1. The molecule has 1 aliphatic rings. The Bertz CT molecular complexity index is 1040. The summed E-state index contributed by atoms with van der Waals surface area (Å²) in [6, 6.07) is 15.3. The summed E-state index contributed by atoms with van der Waals surface area (Å²) < 4.78 is 6.25. The number of methoxy groups -OCH3 is 1. The number of carbonyl (C=O) groups excluding carboxylic acids is 1. The van der Waals surface area contributed by atoms with E-state index in [1.165, 1.54) is 16.9 Å². The molecule has 0 atom stereocenters. The van der Waals surface area contributed by atoms with Gasteiger partial charge in [-0.25, -0.2) is 4.99 Å². The van der Waals surface area contributed by atoms with Crippen LogP contribution < -0.4 is 4.74 Å². The van der Waals surface area contributed by atoms with Crippen LogP contribution >= 0.6 is 27.3 Å². The van der Waals surface area contributed by atoms with E-state index in [-0.39, 0.29) is 5.78 Å². The van der Waals surface area contributed by atoms with E-state index >= 15 is 0 Å². The quantitative estimate of drug-likeness (QED) is 0.332. The first-order valence-corrected chi connectivity index (χ1v) is 10.9. The van der Waals surface area contributed by atoms with Crippen molar-refractivity contribution in [3.63, 3.8) is 0 Å². The Balaban J connectivity index is 1.77. The van der Waals surface area contributed by atoms with Crippen LogP contribution in [0.4, 0.5) is 5.00 Å². The number of aryl methyl sites for hydroxylation is 1. The van der Waals surface area contributed by atoms with Crippen molar-refractivity contribution in [1.82, 2.24) is 0 Å². The minimum absolute atomic E-state index is 0.0665. The molecule has 0 fully saturated rings. The zero-order chi connectivity index (χ0) is 19.5. The van der Waals surface area contributed by atoms with Crippen LogP contribution in [0.5, 0.6) is 5.75 Å². The number of hydrogen-bond donors (Lipinski definition) is 0. The van der Waals surface area contributed by atoms with E-state index in [1.807, 2.05) is 54.7 Å². The molecule has 1 aliphatic carbocycles. The third-order valence-corrected chi connectivity index (χ3v) is 6.86. The van der Waals surface area contributed by atoms with Gasteiger partial charge in [-0.3, -0.25) is 4.79 Å². The molecule has 0 spiro atoms. The fourth-order valence-electron chi connectivity index (χ4n) is 3.49. The number of nitrogens with zero attached hydrogens (tertiary/aromatic N) is 1. The van der Waals surface area contributed by atoms with Crippen LogP contribution in [0.3, 0.4) is 0 Å². The van der Waals surface area contributed by atoms with Gasteiger partial charge in [-0.1, -0.05) is 46.3 Å². The molecular weight excluding hydrogens is 434 g/mol. The van der Waals surface area contributed by atoms with E-state index in [0.717, 1.165) is 45.6 Å². The topological polar surface area (TPSA) is 38.7 Å². The first-order chi connectivity index (χ1) is 13.7. The third kappa shape index (κ3) is 3.82. The Kier molecular flexibility index (Phi) is 5.74. The van der Waals surface area contributed by atoms with E-state index in [2.05, 4.69) is 15.9 Å². The number of aliphatic imine (C=N–C) groups is 1. The van der Waals surface area contributed by atoms with Crippen molar-refractivity contribution in [2.75, 3.05) is 7.11 Å². The minimum atomic E-state index is 0.0665. The van der Waals surface area contributed by atoms with Gasteiger partial charge in [-0.15, -0.1) is 11.3 Å². The molecule has 0 saturated heterocycles. The van der Waals surface area contributed by atoms with E-state index < -0.39 is 0 Å². The highest BCUT2D eigenvalue weighted by atomic mass is 79.9. The molecule has 0 saturated carbocycles. The Morgan fingerprint density at radius 1 is 1.14 bits per heavy atom. The molecule has 3 nitrogen and oxygen atoms in total. The van der Waals surface area contributed by atoms with Crippen LogP contribution in [0, 0.1) is 0 Å². The molecule has 1 aromatic heterocycles. The van der Waals surface area contributed by atoms with E-state index in [1.54, 1.807) is 18.4 Å². The summed E-state index contributed by atoms with van der Waals surface area (Å²) in [6.07, 6.45) is 6.11. The Morgan fingerprint density at radius 2 is 1.93 bits per heavy atom. The smallest absolute Gasteiger partial charge is 0.196 e. The van der Waals surface area contributed by atoms with Crippen molar-refractivity contribution >= 4 is 44.3 Å². The van der Waals surface area contributed by atoms with Crippen LogP contribution in [0.15, 0.2) is 58.0 Å². The number of rotatable bonds is 5. The van der Waals surface area contributed by atoms with Crippen molar-refractivity contribution in [1.29, 1.82) is 0 Å². The number of ketones is 1. The maximum atomic E-state index is 13.3. The minimum Gasteiger partial charge on any atom is -0.497 e. The van der Waals surface area contributed by atoms with Crippen molar-refractivity contribution in [2.45, 2.75) is 25.7 Å². The van der Waals surface area contributed by atoms with Crippen LogP contribution in [-0.4, -0.2) is 19.1 Å². The third-order valence-electron chi connectivity index (χ3n) is 4.94. The normalized spacial score (nSPS) is 13.5. The lowest BCUT2D eigenvalue weighted by Gasteiger charge is -2.12. The molecule has 2 aromatic carbocycles. The second-order valence-corrected chi connectivity index (χ2v) is 8.67. The molecule has 0 amide bonds. The molecule has 1 heterocycles. The Morgan fingerprint density at radius 3 is 2.71 bits per heavy atom. The highest BCUT2D eigenvalue weighted by Crippen LogP contribution is 2.41. The molecule has 0 radical (unpaired) electrons. The first kappa shape index (κ1) is 19.1. The van der Waals surface area contributed by atoms with Gasteiger partial charge in [0.25, 0.3) is 0 Å². The summed E-state index contributed by atoms with van der Waals surface area (Å²) in [5.74, 6) is 0.840. The lowest BCUT2D eigenvalue weighted by atomic mass is 9.92. The molecule has 4 rings (SSSR count). The van der Waals surface area contributed by atoms with Crippen molar-refractivity contribution in [3.8, 4) is 5.75 Å². The molecule has 0 bridgehead atoms. The highest BCUT2D eigenvalue weighted by molar-refractivity contribution is 9.10. The van der Waals surface area contributed by atoms with Gasteiger partial charge in [0, 0.05) is 26.7 Å². The Hall–Kier alpha value is -2.24. The maximum absolute atomic E-state index is 13.3. The fourth-order valence-corrected chi connectivity index (χ4v) is 5.07. The van der Waals surface area contributed by atoms with Gasteiger partial charge in [0.05, 0.1) is 12.7 Å². The zero-order valence-electron chi connectivity index (χ0n) is 15.6. The molecule has 5 heteroatoms. The first-order valence-electron chi connectivity index (χ1n) is 9.29. The number of fused-ring (bicyclic) bond motifs is 1. The van der Waals surface area contributed by atoms with Crippen LogP contribution in [0.2, 0.25) is 0 Å². The summed E-state index contributed by atoms with van der Waals surface area (Å²) in [4.78, 5) is 19.3. The molecule has 0 aliphatic heterocycles. The molecule has 28 heavy (non-hydrogen) atoms. The maximum Gasteiger partial charge on any atom is 0.196 e. The van der Waals surface area contributed by atoms with Crippen molar-refractivity contribution in [3.05, 3.63) is 80.1 Å². The standard InChI is InChI=1S/C23H20BrNO2S/c1-27-17-11-12-19(24)16(13-17)14-25-23-21(18-9-5-6-10-20(18)28-23)22(26)15-7-3-2-4-8-15/h2-4,7-8,11-14H,5-6,9-10H2,1H3. The predicted octanol–water partition coefficient (Wildman–Crippen LogP) is 6.38. The van der Waals surface area contributed by atoms with Gasteiger partial charge in [0.1, 0.15) is 10.8 Å². The predicted molar refractivity (Wildman–Crippen MR) is 119 cm³/mol. The summed E-state index contributed by atoms with van der Waals surface area (Å²) in [5.41, 5.74) is 3.61. The second-order valence-electron chi connectivity index (χ2n) is 6.73. The summed E-state index contributed by atoms with van der Waals surface area (Å²) >= 11 is 5.22. The molecule has 0 unspecified atom stereocenters. The number of ether oxygens (including phenoxy) is 1. The summed E-state index contributed by atoms with van der Waals surface area (Å²) in [6.45, 7) is 0. The molecule has 3 aromatic rings. The molecular formula is C23H20BrNO2S. The van der Waals surface area contributed by atoms with Crippen molar-refractivity contribution < 1.29 is 9.53 Å². The van der Waals surface area contributed by atoms with Gasteiger partial charge in [-0.05, 0) is 49.4 Å². The van der Waals surface area contributed by atoms with Gasteiger partial charge in [0.2, 0.25) is 0 Å². The van der Waals surface area contributed by atoms with E-state index in [0.29, 0.717) is 5.56 Å².